The number of aryl methyl sites for hydroxylation is 2. The van der Waals surface area contributed by atoms with Gasteiger partial charge in [-0.05, 0) is 54.2 Å². The lowest BCUT2D eigenvalue weighted by Crippen LogP contribution is -2.29. The van der Waals surface area contributed by atoms with Crippen molar-refractivity contribution in [1.29, 1.82) is 0 Å². The minimum Gasteiger partial charge on any atom is -0.271 e. The fraction of sp³-hybridized carbons (Fsp3) is 0.294. The Labute approximate surface area is 119 Å². The molecule has 2 nitrogen and oxygen atoms in total. The van der Waals surface area contributed by atoms with Gasteiger partial charge >= 0.3 is 0 Å². The van der Waals surface area contributed by atoms with Crippen LogP contribution in [0.25, 0.3) is 0 Å². The van der Waals surface area contributed by atoms with Gasteiger partial charge in [0.1, 0.15) is 5.82 Å². The molecule has 0 aromatic heterocycles. The fourth-order valence-electron chi connectivity index (χ4n) is 2.34. The molecule has 2 aromatic carbocycles. The first kappa shape index (κ1) is 14.7. The van der Waals surface area contributed by atoms with Crippen LogP contribution < -0.4 is 11.3 Å². The van der Waals surface area contributed by atoms with Crippen LogP contribution in [0.1, 0.15) is 35.2 Å². The SMILES string of the molecule is CCc1ccc(C(Cc2cc(F)ccc2C)NN)cc1. The van der Waals surface area contributed by atoms with Crippen molar-refractivity contribution < 1.29 is 4.39 Å². The third-order valence-electron chi connectivity index (χ3n) is 3.73. The number of rotatable bonds is 5. The molecule has 3 N–H and O–H groups in total. The number of nitrogens with two attached hydrogens (primary N) is 1. The van der Waals surface area contributed by atoms with Crippen molar-refractivity contribution in [3.05, 3.63) is 70.5 Å². The molecule has 0 radical (unpaired) electrons. The Bertz CT molecular complexity index is 564. The first-order chi connectivity index (χ1) is 9.63. The van der Waals surface area contributed by atoms with E-state index < -0.39 is 0 Å². The van der Waals surface area contributed by atoms with E-state index in [9.17, 15) is 4.39 Å². The summed E-state index contributed by atoms with van der Waals surface area (Å²) in [6.45, 7) is 4.12. The van der Waals surface area contributed by atoms with Gasteiger partial charge in [0.2, 0.25) is 0 Å². The van der Waals surface area contributed by atoms with E-state index in [-0.39, 0.29) is 11.9 Å². The van der Waals surface area contributed by atoms with Crippen LogP contribution in [0.4, 0.5) is 4.39 Å². The predicted octanol–water partition coefficient (Wildman–Crippen LogP) is 3.44. The average molecular weight is 272 g/mol. The van der Waals surface area contributed by atoms with Gasteiger partial charge in [0.15, 0.2) is 0 Å². The second kappa shape index (κ2) is 6.64. The molecule has 2 rings (SSSR count). The Morgan fingerprint density at radius 1 is 1.15 bits per heavy atom. The van der Waals surface area contributed by atoms with Crippen molar-refractivity contribution in [3.8, 4) is 0 Å². The summed E-state index contributed by atoms with van der Waals surface area (Å²) in [7, 11) is 0. The molecule has 0 aliphatic carbocycles. The fourth-order valence-corrected chi connectivity index (χ4v) is 2.34. The highest BCUT2D eigenvalue weighted by Gasteiger charge is 2.12. The molecule has 0 saturated carbocycles. The Kier molecular flexibility index (Phi) is 4.88. The lowest BCUT2D eigenvalue weighted by molar-refractivity contribution is 0.547. The predicted molar refractivity (Wildman–Crippen MR) is 80.7 cm³/mol. The standard InChI is InChI=1S/C17H21FN2/c1-3-13-5-7-14(8-6-13)17(20-19)11-15-10-16(18)9-4-12(15)2/h4-10,17,20H,3,11,19H2,1-2H3. The number of halogens is 1. The molecule has 1 atom stereocenters. The van der Waals surface area contributed by atoms with Crippen LogP contribution in [-0.4, -0.2) is 0 Å². The zero-order valence-electron chi connectivity index (χ0n) is 12.0. The van der Waals surface area contributed by atoms with Gasteiger partial charge < -0.3 is 0 Å². The number of hydrazine groups is 1. The zero-order chi connectivity index (χ0) is 14.5. The van der Waals surface area contributed by atoms with Crippen LogP contribution >= 0.6 is 0 Å². The molecule has 0 heterocycles. The molecule has 0 fully saturated rings. The largest absolute Gasteiger partial charge is 0.271 e. The summed E-state index contributed by atoms with van der Waals surface area (Å²) >= 11 is 0. The second-order valence-electron chi connectivity index (χ2n) is 5.09. The van der Waals surface area contributed by atoms with Crippen molar-refractivity contribution in [3.63, 3.8) is 0 Å². The van der Waals surface area contributed by atoms with Gasteiger partial charge in [0.25, 0.3) is 0 Å². The molecule has 1 unspecified atom stereocenters. The van der Waals surface area contributed by atoms with Gasteiger partial charge in [-0.3, -0.25) is 11.3 Å². The van der Waals surface area contributed by atoms with Crippen LogP contribution in [-0.2, 0) is 12.8 Å². The van der Waals surface area contributed by atoms with E-state index in [4.69, 9.17) is 5.84 Å². The Morgan fingerprint density at radius 3 is 2.45 bits per heavy atom. The minimum atomic E-state index is -0.206. The molecule has 106 valence electrons. The molecular formula is C17H21FN2. The van der Waals surface area contributed by atoms with E-state index in [1.165, 1.54) is 11.6 Å². The lowest BCUT2D eigenvalue weighted by Gasteiger charge is -2.18. The minimum absolute atomic E-state index is 0.0126. The maximum atomic E-state index is 13.4. The highest BCUT2D eigenvalue weighted by Crippen LogP contribution is 2.21. The Hall–Kier alpha value is -1.71. The smallest absolute Gasteiger partial charge is 0.123 e. The molecule has 0 aliphatic rings. The quantitative estimate of drug-likeness (QED) is 0.646. The van der Waals surface area contributed by atoms with E-state index in [0.717, 1.165) is 23.1 Å². The molecule has 0 saturated heterocycles. The molecule has 0 aliphatic heterocycles. The second-order valence-corrected chi connectivity index (χ2v) is 5.09. The maximum Gasteiger partial charge on any atom is 0.123 e. The van der Waals surface area contributed by atoms with Gasteiger partial charge in [0.05, 0.1) is 0 Å². The molecule has 0 amide bonds. The van der Waals surface area contributed by atoms with Crippen LogP contribution in [0.5, 0.6) is 0 Å². The molecular weight excluding hydrogens is 251 g/mol. The molecule has 3 heteroatoms. The third-order valence-corrected chi connectivity index (χ3v) is 3.73. The first-order valence-corrected chi connectivity index (χ1v) is 6.94. The number of hydrogen-bond donors (Lipinski definition) is 2. The molecule has 0 bridgehead atoms. The topological polar surface area (TPSA) is 38.0 Å². The summed E-state index contributed by atoms with van der Waals surface area (Å²) in [5, 5.41) is 0. The zero-order valence-corrected chi connectivity index (χ0v) is 12.0. The van der Waals surface area contributed by atoms with E-state index in [2.05, 4.69) is 36.6 Å². The summed E-state index contributed by atoms with van der Waals surface area (Å²) in [4.78, 5) is 0. The summed E-state index contributed by atoms with van der Waals surface area (Å²) in [5.74, 6) is 5.46. The van der Waals surface area contributed by atoms with Crippen molar-refractivity contribution in [2.45, 2.75) is 32.7 Å². The van der Waals surface area contributed by atoms with Crippen LogP contribution in [0.3, 0.4) is 0 Å². The van der Waals surface area contributed by atoms with E-state index >= 15 is 0 Å². The number of nitrogens with one attached hydrogen (secondary N) is 1. The average Bonchev–Trinajstić information content (AvgIpc) is 2.48. The Balaban J connectivity index is 2.21. The van der Waals surface area contributed by atoms with Gasteiger partial charge in [-0.25, -0.2) is 4.39 Å². The van der Waals surface area contributed by atoms with Gasteiger partial charge in [0, 0.05) is 6.04 Å². The van der Waals surface area contributed by atoms with Crippen molar-refractivity contribution in [2.24, 2.45) is 5.84 Å². The van der Waals surface area contributed by atoms with Gasteiger partial charge in [-0.2, -0.15) is 0 Å². The van der Waals surface area contributed by atoms with Crippen LogP contribution in [0.2, 0.25) is 0 Å². The first-order valence-electron chi connectivity index (χ1n) is 6.94. The lowest BCUT2D eigenvalue weighted by atomic mass is 9.95. The summed E-state index contributed by atoms with van der Waals surface area (Å²) < 4.78 is 13.4. The van der Waals surface area contributed by atoms with E-state index in [0.29, 0.717) is 6.42 Å². The van der Waals surface area contributed by atoms with Gasteiger partial charge in [-0.1, -0.05) is 37.3 Å². The summed E-state index contributed by atoms with van der Waals surface area (Å²) in [5.41, 5.74) is 7.30. The van der Waals surface area contributed by atoms with Crippen molar-refractivity contribution >= 4 is 0 Å². The Morgan fingerprint density at radius 2 is 1.85 bits per heavy atom. The highest BCUT2D eigenvalue weighted by molar-refractivity contribution is 5.31. The highest BCUT2D eigenvalue weighted by atomic mass is 19.1. The number of benzene rings is 2. The van der Waals surface area contributed by atoms with Crippen LogP contribution in [0.15, 0.2) is 42.5 Å². The number of hydrogen-bond acceptors (Lipinski definition) is 2. The normalized spacial score (nSPS) is 12.4. The maximum absolute atomic E-state index is 13.4. The van der Waals surface area contributed by atoms with E-state index in [1.54, 1.807) is 12.1 Å². The van der Waals surface area contributed by atoms with E-state index in [1.807, 2.05) is 6.92 Å². The molecule has 0 spiro atoms. The summed E-state index contributed by atoms with van der Waals surface area (Å²) in [6.07, 6.45) is 1.69. The third kappa shape index (κ3) is 3.44. The monoisotopic (exact) mass is 272 g/mol. The van der Waals surface area contributed by atoms with Crippen molar-refractivity contribution in [1.82, 2.24) is 5.43 Å². The van der Waals surface area contributed by atoms with Crippen LogP contribution in [0, 0.1) is 12.7 Å². The molecule has 2 aromatic rings. The summed E-state index contributed by atoms with van der Waals surface area (Å²) in [6, 6.07) is 13.2. The van der Waals surface area contributed by atoms with Crippen molar-refractivity contribution in [2.75, 3.05) is 0 Å². The molecule has 20 heavy (non-hydrogen) atoms. The van der Waals surface area contributed by atoms with Gasteiger partial charge in [-0.15, -0.1) is 0 Å².